The molecule has 0 saturated heterocycles. The molecule has 0 amide bonds. The highest BCUT2D eigenvalue weighted by molar-refractivity contribution is 6.14. The SMILES string of the molecule is c1ccc(-c2cnc(-n3c4ccccc4c4cc5occc5cc43)c3ccccc23)cc1. The van der Waals surface area contributed by atoms with Gasteiger partial charge in [0.1, 0.15) is 11.4 Å². The van der Waals surface area contributed by atoms with Crippen LogP contribution in [0.4, 0.5) is 0 Å². The molecule has 3 aromatic heterocycles. The van der Waals surface area contributed by atoms with Gasteiger partial charge in [0.15, 0.2) is 0 Å². The summed E-state index contributed by atoms with van der Waals surface area (Å²) in [6.45, 7) is 0. The highest BCUT2D eigenvalue weighted by Crippen LogP contribution is 2.38. The van der Waals surface area contributed by atoms with Crippen molar-refractivity contribution in [3.8, 4) is 16.9 Å². The lowest BCUT2D eigenvalue weighted by Crippen LogP contribution is -1.99. The summed E-state index contributed by atoms with van der Waals surface area (Å²) < 4.78 is 7.99. The van der Waals surface area contributed by atoms with Crippen LogP contribution in [0.1, 0.15) is 0 Å². The molecule has 3 heteroatoms. The first-order valence-corrected chi connectivity index (χ1v) is 10.7. The summed E-state index contributed by atoms with van der Waals surface area (Å²) in [6.07, 6.45) is 3.75. The molecule has 0 aliphatic carbocycles. The molecular weight excluding hydrogens is 392 g/mol. The smallest absolute Gasteiger partial charge is 0.145 e. The molecule has 0 unspecified atom stereocenters. The van der Waals surface area contributed by atoms with E-state index in [4.69, 9.17) is 9.40 Å². The largest absolute Gasteiger partial charge is 0.464 e. The number of pyridine rings is 1. The average Bonchev–Trinajstić information content (AvgIpc) is 3.44. The standard InChI is InChI=1S/C29H18N2O/c1-2-8-19(9-3-1)25-18-30-29(23-12-5-4-10-21(23)25)31-26-13-7-6-11-22(26)24-17-28-20(14-15-32-28)16-27(24)31/h1-18H. The summed E-state index contributed by atoms with van der Waals surface area (Å²) in [5, 5.41) is 5.77. The molecule has 0 radical (unpaired) electrons. The predicted octanol–water partition coefficient (Wildman–Crippen LogP) is 7.75. The first-order valence-electron chi connectivity index (χ1n) is 10.7. The lowest BCUT2D eigenvalue weighted by molar-refractivity contribution is 0.616. The molecule has 7 aromatic rings. The fraction of sp³-hybridized carbons (Fsp3) is 0. The van der Waals surface area contributed by atoms with Gasteiger partial charge in [-0.1, -0.05) is 72.8 Å². The second kappa shape index (κ2) is 6.56. The second-order valence-corrected chi connectivity index (χ2v) is 8.09. The molecule has 3 heterocycles. The summed E-state index contributed by atoms with van der Waals surface area (Å²) in [5.74, 6) is 0.939. The van der Waals surface area contributed by atoms with Crippen molar-refractivity contribution in [3.05, 3.63) is 110 Å². The summed E-state index contributed by atoms with van der Waals surface area (Å²) in [4.78, 5) is 5.03. The van der Waals surface area contributed by atoms with Gasteiger partial charge in [-0.05, 0) is 35.2 Å². The summed E-state index contributed by atoms with van der Waals surface area (Å²) >= 11 is 0. The fourth-order valence-electron chi connectivity index (χ4n) is 4.86. The van der Waals surface area contributed by atoms with Crippen LogP contribution in [0.5, 0.6) is 0 Å². The summed E-state index contributed by atoms with van der Waals surface area (Å²) in [6, 6.07) is 33.9. The Hall–Kier alpha value is -4.37. The number of para-hydroxylation sites is 1. The lowest BCUT2D eigenvalue weighted by atomic mass is 10.0. The maximum Gasteiger partial charge on any atom is 0.145 e. The molecule has 32 heavy (non-hydrogen) atoms. The van der Waals surface area contributed by atoms with Crippen molar-refractivity contribution < 1.29 is 4.42 Å². The van der Waals surface area contributed by atoms with Gasteiger partial charge in [0.05, 0.1) is 17.3 Å². The van der Waals surface area contributed by atoms with Crippen molar-refractivity contribution in [1.82, 2.24) is 9.55 Å². The number of fused-ring (bicyclic) bond motifs is 5. The topological polar surface area (TPSA) is 31.0 Å². The van der Waals surface area contributed by atoms with Crippen molar-refractivity contribution in [2.75, 3.05) is 0 Å². The van der Waals surface area contributed by atoms with Crippen molar-refractivity contribution >= 4 is 43.5 Å². The number of aromatic nitrogens is 2. The first kappa shape index (κ1) is 17.3. The third kappa shape index (κ3) is 2.39. The van der Waals surface area contributed by atoms with Crippen LogP contribution in [-0.4, -0.2) is 9.55 Å². The molecule has 0 aliphatic rings. The van der Waals surface area contributed by atoms with Crippen LogP contribution in [0.2, 0.25) is 0 Å². The van der Waals surface area contributed by atoms with Crippen LogP contribution in [0.15, 0.2) is 114 Å². The molecule has 4 aromatic carbocycles. The number of rotatable bonds is 2. The molecular formula is C29H18N2O. The van der Waals surface area contributed by atoms with E-state index >= 15 is 0 Å². The zero-order chi connectivity index (χ0) is 21.1. The zero-order valence-corrected chi connectivity index (χ0v) is 17.2. The van der Waals surface area contributed by atoms with Gasteiger partial charge in [0, 0.05) is 33.3 Å². The highest BCUT2D eigenvalue weighted by Gasteiger charge is 2.17. The van der Waals surface area contributed by atoms with E-state index in [9.17, 15) is 0 Å². The van der Waals surface area contributed by atoms with E-state index < -0.39 is 0 Å². The van der Waals surface area contributed by atoms with Crippen LogP contribution in [0.3, 0.4) is 0 Å². The van der Waals surface area contributed by atoms with Gasteiger partial charge in [0.25, 0.3) is 0 Å². The van der Waals surface area contributed by atoms with E-state index in [0.29, 0.717) is 0 Å². The van der Waals surface area contributed by atoms with Gasteiger partial charge in [-0.3, -0.25) is 4.57 Å². The number of hydrogen-bond acceptors (Lipinski definition) is 2. The Morgan fingerprint density at radius 1 is 0.625 bits per heavy atom. The Morgan fingerprint density at radius 3 is 2.25 bits per heavy atom. The van der Waals surface area contributed by atoms with E-state index in [-0.39, 0.29) is 0 Å². The van der Waals surface area contributed by atoms with Gasteiger partial charge in [-0.2, -0.15) is 0 Å². The normalized spacial score (nSPS) is 11.8. The third-order valence-electron chi connectivity index (χ3n) is 6.32. The van der Waals surface area contributed by atoms with E-state index in [2.05, 4.69) is 89.5 Å². The minimum absolute atomic E-state index is 0.901. The molecule has 3 nitrogen and oxygen atoms in total. The Bertz CT molecular complexity index is 1770. The van der Waals surface area contributed by atoms with E-state index in [1.165, 1.54) is 21.7 Å². The van der Waals surface area contributed by atoms with Gasteiger partial charge in [0.2, 0.25) is 0 Å². The maximum absolute atomic E-state index is 5.70. The molecule has 150 valence electrons. The molecule has 0 fully saturated rings. The molecule has 0 saturated carbocycles. The predicted molar refractivity (Wildman–Crippen MR) is 131 cm³/mol. The molecule has 0 atom stereocenters. The van der Waals surface area contributed by atoms with Crippen LogP contribution >= 0.6 is 0 Å². The minimum atomic E-state index is 0.901. The van der Waals surface area contributed by atoms with Crippen LogP contribution in [-0.2, 0) is 0 Å². The van der Waals surface area contributed by atoms with Crippen LogP contribution < -0.4 is 0 Å². The fourth-order valence-corrected chi connectivity index (χ4v) is 4.86. The third-order valence-corrected chi connectivity index (χ3v) is 6.32. The highest BCUT2D eigenvalue weighted by atomic mass is 16.3. The van der Waals surface area contributed by atoms with E-state index in [0.717, 1.165) is 38.8 Å². The zero-order valence-electron chi connectivity index (χ0n) is 17.2. The summed E-state index contributed by atoms with van der Waals surface area (Å²) in [7, 11) is 0. The van der Waals surface area contributed by atoms with E-state index in [1.807, 2.05) is 18.3 Å². The quantitative estimate of drug-likeness (QED) is 0.292. The number of benzene rings is 4. The van der Waals surface area contributed by atoms with Gasteiger partial charge in [-0.25, -0.2) is 4.98 Å². The van der Waals surface area contributed by atoms with Crippen molar-refractivity contribution in [3.63, 3.8) is 0 Å². The molecule has 0 N–H and O–H groups in total. The molecule has 0 spiro atoms. The van der Waals surface area contributed by atoms with Crippen molar-refractivity contribution in [2.45, 2.75) is 0 Å². The molecule has 0 bridgehead atoms. The Morgan fingerprint density at radius 2 is 1.38 bits per heavy atom. The minimum Gasteiger partial charge on any atom is -0.464 e. The Balaban J connectivity index is 1.62. The average molecular weight is 410 g/mol. The van der Waals surface area contributed by atoms with Gasteiger partial charge < -0.3 is 4.42 Å². The second-order valence-electron chi connectivity index (χ2n) is 8.09. The Kier molecular flexibility index (Phi) is 3.55. The van der Waals surface area contributed by atoms with Crippen molar-refractivity contribution in [2.24, 2.45) is 0 Å². The number of furan rings is 1. The van der Waals surface area contributed by atoms with E-state index in [1.54, 1.807) is 6.26 Å². The number of hydrogen-bond donors (Lipinski definition) is 0. The van der Waals surface area contributed by atoms with Crippen LogP contribution in [0.25, 0.3) is 60.5 Å². The van der Waals surface area contributed by atoms with Crippen molar-refractivity contribution in [1.29, 1.82) is 0 Å². The van der Waals surface area contributed by atoms with Crippen LogP contribution in [0, 0.1) is 0 Å². The maximum atomic E-state index is 5.70. The van der Waals surface area contributed by atoms with Gasteiger partial charge in [-0.15, -0.1) is 0 Å². The molecule has 0 aliphatic heterocycles. The van der Waals surface area contributed by atoms with Gasteiger partial charge >= 0.3 is 0 Å². The monoisotopic (exact) mass is 410 g/mol. The Labute approximate surface area is 184 Å². The lowest BCUT2D eigenvalue weighted by Gasteiger charge is -2.13. The first-order chi connectivity index (χ1) is 15.9. The number of nitrogens with zero attached hydrogens (tertiary/aromatic N) is 2. The summed E-state index contributed by atoms with van der Waals surface area (Å²) in [5.41, 5.74) is 5.48. The molecule has 7 rings (SSSR count).